The molecule has 1 aliphatic rings. The average Bonchev–Trinajstić information content (AvgIpc) is 2.87. The van der Waals surface area contributed by atoms with Gasteiger partial charge in [0.25, 0.3) is 5.91 Å². The Morgan fingerprint density at radius 2 is 1.69 bits per heavy atom. The molecule has 1 heterocycles. The molecule has 1 N–H and O–H groups in total. The standard InChI is InChI=1S/C27H26F3NO4/c1-26(2,3)15-31-21-12-11-17(27(28,29)30)13-20(21)24(35-22(25(31)34)14-23(32)33)19-10-6-8-16-7-4-5-9-18(16)19/h4-13,22,24H,14-15H2,1-3H3,(H,32,33). The predicted octanol–water partition coefficient (Wildman–Crippen LogP) is 6.20. The number of amides is 1. The van der Waals surface area contributed by atoms with Crippen LogP contribution in [0, 0.1) is 5.41 Å². The van der Waals surface area contributed by atoms with Gasteiger partial charge in [0.2, 0.25) is 0 Å². The van der Waals surface area contributed by atoms with Crippen LogP contribution in [0.3, 0.4) is 0 Å². The van der Waals surface area contributed by atoms with Crippen molar-refractivity contribution in [1.82, 2.24) is 0 Å². The van der Waals surface area contributed by atoms with E-state index in [0.717, 1.165) is 22.9 Å². The van der Waals surface area contributed by atoms with E-state index in [9.17, 15) is 27.9 Å². The molecule has 4 rings (SSSR count). The van der Waals surface area contributed by atoms with Gasteiger partial charge in [-0.15, -0.1) is 0 Å². The number of carbonyl (C=O) groups excluding carboxylic acids is 1. The zero-order chi connectivity index (χ0) is 25.5. The van der Waals surface area contributed by atoms with Crippen LogP contribution in [0.4, 0.5) is 18.9 Å². The smallest absolute Gasteiger partial charge is 0.416 e. The summed E-state index contributed by atoms with van der Waals surface area (Å²) in [5.74, 6) is -1.83. The van der Waals surface area contributed by atoms with Crippen LogP contribution in [-0.4, -0.2) is 29.6 Å². The zero-order valence-electron chi connectivity index (χ0n) is 19.6. The predicted molar refractivity (Wildman–Crippen MR) is 126 cm³/mol. The minimum Gasteiger partial charge on any atom is -0.481 e. The van der Waals surface area contributed by atoms with Crippen LogP contribution < -0.4 is 4.90 Å². The molecule has 8 heteroatoms. The molecular weight excluding hydrogens is 459 g/mol. The Hall–Kier alpha value is -3.39. The van der Waals surface area contributed by atoms with Gasteiger partial charge in [-0.25, -0.2) is 0 Å². The summed E-state index contributed by atoms with van der Waals surface area (Å²) in [7, 11) is 0. The number of alkyl halides is 3. The number of hydrogen-bond donors (Lipinski definition) is 1. The number of rotatable bonds is 4. The monoisotopic (exact) mass is 485 g/mol. The summed E-state index contributed by atoms with van der Waals surface area (Å²) in [4.78, 5) is 26.6. The number of nitrogens with zero attached hydrogens (tertiary/aromatic N) is 1. The van der Waals surface area contributed by atoms with E-state index in [0.29, 0.717) is 5.56 Å². The molecule has 3 aromatic rings. The number of carboxylic acid groups (broad SMARTS) is 1. The normalized spacial score (nSPS) is 18.9. The number of aliphatic carboxylic acids is 1. The fourth-order valence-electron chi connectivity index (χ4n) is 4.43. The van der Waals surface area contributed by atoms with Crippen LogP contribution in [0.1, 0.15) is 50.0 Å². The minimum atomic E-state index is -4.61. The molecule has 0 fully saturated rings. The summed E-state index contributed by atoms with van der Waals surface area (Å²) in [6, 6.07) is 16.0. The number of anilines is 1. The molecule has 0 spiro atoms. The van der Waals surface area contributed by atoms with Gasteiger partial charge < -0.3 is 14.7 Å². The van der Waals surface area contributed by atoms with Crippen molar-refractivity contribution < 1.29 is 32.6 Å². The molecule has 184 valence electrons. The maximum atomic E-state index is 13.7. The van der Waals surface area contributed by atoms with E-state index < -0.39 is 47.7 Å². The summed E-state index contributed by atoms with van der Waals surface area (Å²) >= 11 is 0. The quantitative estimate of drug-likeness (QED) is 0.478. The van der Waals surface area contributed by atoms with Crippen molar-refractivity contribution in [3.63, 3.8) is 0 Å². The fourth-order valence-corrected chi connectivity index (χ4v) is 4.43. The molecule has 0 aliphatic carbocycles. The maximum Gasteiger partial charge on any atom is 0.416 e. The van der Waals surface area contributed by atoms with E-state index in [1.807, 2.05) is 45.0 Å². The highest BCUT2D eigenvalue weighted by Gasteiger charge is 2.41. The number of ether oxygens (including phenoxy) is 1. The van der Waals surface area contributed by atoms with Crippen molar-refractivity contribution in [2.24, 2.45) is 5.41 Å². The van der Waals surface area contributed by atoms with Gasteiger partial charge in [0.05, 0.1) is 12.0 Å². The molecule has 0 aromatic heterocycles. The lowest BCUT2D eigenvalue weighted by atomic mass is 9.92. The molecule has 5 nitrogen and oxygen atoms in total. The van der Waals surface area contributed by atoms with Crippen molar-refractivity contribution in [3.05, 3.63) is 77.4 Å². The second-order valence-electron chi connectivity index (χ2n) is 9.93. The van der Waals surface area contributed by atoms with Crippen LogP contribution in [0.5, 0.6) is 0 Å². The third-order valence-corrected chi connectivity index (χ3v) is 5.87. The Labute approximate surface area is 201 Å². The average molecular weight is 486 g/mol. The number of carbonyl (C=O) groups is 2. The second kappa shape index (κ2) is 9.00. The molecule has 0 bridgehead atoms. The third-order valence-electron chi connectivity index (χ3n) is 5.87. The van der Waals surface area contributed by atoms with E-state index in [4.69, 9.17) is 4.74 Å². The summed E-state index contributed by atoms with van der Waals surface area (Å²) in [6.45, 7) is 5.85. The van der Waals surface area contributed by atoms with Crippen molar-refractivity contribution in [1.29, 1.82) is 0 Å². The minimum absolute atomic E-state index is 0.168. The first-order valence-corrected chi connectivity index (χ1v) is 11.2. The van der Waals surface area contributed by atoms with Gasteiger partial charge in [0.1, 0.15) is 12.2 Å². The van der Waals surface area contributed by atoms with Crippen molar-refractivity contribution in [3.8, 4) is 0 Å². The SMILES string of the molecule is CC(C)(C)CN1C(=O)C(CC(=O)O)OC(c2cccc3ccccc23)c2cc(C(F)(F)F)ccc21. The van der Waals surface area contributed by atoms with Gasteiger partial charge in [-0.1, -0.05) is 63.2 Å². The van der Waals surface area contributed by atoms with Crippen LogP contribution in [-0.2, 0) is 20.5 Å². The molecule has 2 atom stereocenters. The lowest BCUT2D eigenvalue weighted by Gasteiger charge is -2.31. The molecular formula is C27H26F3NO4. The van der Waals surface area contributed by atoms with Crippen LogP contribution in [0.15, 0.2) is 60.7 Å². The third kappa shape index (κ3) is 5.17. The van der Waals surface area contributed by atoms with Crippen LogP contribution in [0.25, 0.3) is 10.8 Å². The maximum absolute atomic E-state index is 13.7. The van der Waals surface area contributed by atoms with Crippen LogP contribution in [0.2, 0.25) is 0 Å². The molecule has 1 amide bonds. The van der Waals surface area contributed by atoms with Gasteiger partial charge in [0.15, 0.2) is 0 Å². The van der Waals surface area contributed by atoms with Crippen molar-refractivity contribution in [2.45, 2.75) is 45.6 Å². The van der Waals surface area contributed by atoms with E-state index in [-0.39, 0.29) is 17.8 Å². The Kier molecular flexibility index (Phi) is 6.36. The van der Waals surface area contributed by atoms with Crippen molar-refractivity contribution in [2.75, 3.05) is 11.4 Å². The number of benzene rings is 3. The Morgan fingerprint density at radius 1 is 1.00 bits per heavy atom. The Bertz CT molecular complexity index is 1270. The summed E-state index contributed by atoms with van der Waals surface area (Å²) in [5.41, 5.74) is -0.275. The first-order chi connectivity index (χ1) is 16.3. The van der Waals surface area contributed by atoms with Gasteiger partial charge in [0, 0.05) is 17.8 Å². The summed E-state index contributed by atoms with van der Waals surface area (Å²) < 4.78 is 47.3. The topological polar surface area (TPSA) is 66.8 Å². The molecule has 0 saturated heterocycles. The fraction of sp³-hybridized carbons (Fsp3) is 0.333. The van der Waals surface area contributed by atoms with Crippen molar-refractivity contribution >= 4 is 28.3 Å². The van der Waals surface area contributed by atoms with Gasteiger partial charge >= 0.3 is 12.1 Å². The summed E-state index contributed by atoms with van der Waals surface area (Å²) in [5, 5.41) is 11.1. The van der Waals surface area contributed by atoms with E-state index in [1.54, 1.807) is 18.2 Å². The van der Waals surface area contributed by atoms with Gasteiger partial charge in [-0.2, -0.15) is 13.2 Å². The molecule has 35 heavy (non-hydrogen) atoms. The van der Waals surface area contributed by atoms with E-state index in [1.165, 1.54) is 11.0 Å². The van der Waals surface area contributed by atoms with E-state index >= 15 is 0 Å². The lowest BCUT2D eigenvalue weighted by Crippen LogP contribution is -2.44. The molecule has 3 aromatic carbocycles. The van der Waals surface area contributed by atoms with Gasteiger partial charge in [-0.05, 0) is 39.9 Å². The molecule has 2 unspecified atom stereocenters. The summed E-state index contributed by atoms with van der Waals surface area (Å²) in [6.07, 6.45) is -7.68. The molecule has 1 aliphatic heterocycles. The Morgan fingerprint density at radius 3 is 2.34 bits per heavy atom. The number of hydrogen-bond acceptors (Lipinski definition) is 3. The highest BCUT2D eigenvalue weighted by Crippen LogP contribution is 2.44. The lowest BCUT2D eigenvalue weighted by molar-refractivity contribution is -0.147. The highest BCUT2D eigenvalue weighted by molar-refractivity contribution is 6.00. The molecule has 0 saturated carbocycles. The van der Waals surface area contributed by atoms with Crippen LogP contribution >= 0.6 is 0 Å². The number of fused-ring (bicyclic) bond motifs is 2. The number of halogens is 3. The number of carboxylic acids is 1. The zero-order valence-corrected chi connectivity index (χ0v) is 19.6. The Balaban J connectivity index is 2.00. The highest BCUT2D eigenvalue weighted by atomic mass is 19.4. The molecule has 0 radical (unpaired) electrons. The first-order valence-electron chi connectivity index (χ1n) is 11.2. The first kappa shape index (κ1) is 24.7. The largest absolute Gasteiger partial charge is 0.481 e. The van der Waals surface area contributed by atoms with E-state index in [2.05, 4.69) is 0 Å². The second-order valence-corrected chi connectivity index (χ2v) is 9.93. The van der Waals surface area contributed by atoms with Gasteiger partial charge in [-0.3, -0.25) is 9.59 Å².